The first-order chi connectivity index (χ1) is 19.7. The summed E-state index contributed by atoms with van der Waals surface area (Å²) in [7, 11) is 1.56. The topological polar surface area (TPSA) is 91.5 Å². The Morgan fingerprint density at radius 3 is 2.57 bits per heavy atom. The number of carbonyl (C=O) groups is 2. The second-order valence-electron chi connectivity index (χ2n) is 11.0. The minimum absolute atomic E-state index is 0.0363. The van der Waals surface area contributed by atoms with Gasteiger partial charge in [-0.2, -0.15) is 23.5 Å². The minimum atomic E-state index is -4.66. The van der Waals surface area contributed by atoms with Gasteiger partial charge in [-0.25, -0.2) is 4.79 Å². The number of thiophene rings is 1. The summed E-state index contributed by atoms with van der Waals surface area (Å²) in [5.41, 5.74) is 0.132. The van der Waals surface area contributed by atoms with Gasteiger partial charge in [-0.05, 0) is 50.5 Å². The fourth-order valence-electron chi connectivity index (χ4n) is 4.77. The Bertz CT molecular complexity index is 1540. The number of amides is 2. The number of rotatable bonds is 6. The van der Waals surface area contributed by atoms with E-state index in [1.807, 2.05) is 0 Å². The van der Waals surface area contributed by atoms with Crippen LogP contribution in [0.3, 0.4) is 0 Å². The Labute approximate surface area is 246 Å². The maximum absolute atomic E-state index is 14.0. The summed E-state index contributed by atoms with van der Waals surface area (Å²) >= 11 is 1.26. The predicted octanol–water partition coefficient (Wildman–Crippen LogP) is 6.42. The van der Waals surface area contributed by atoms with Crippen molar-refractivity contribution in [3.63, 3.8) is 0 Å². The average Bonchev–Trinajstić information content (AvgIpc) is 3.56. The SMILES string of the molecule is CCn1cc(-c2ccccc2[C@@H]2CN(C(=O)/C=C/CN(C)C(=O)OC(C)(C)C)Cc3sc(C#N)cc32)c(C(F)(F)F)n1. The highest BCUT2D eigenvalue weighted by molar-refractivity contribution is 7.12. The molecule has 0 saturated carbocycles. The number of carbonyl (C=O) groups excluding carboxylic acids is 2. The van der Waals surface area contributed by atoms with Gasteiger partial charge in [0.25, 0.3) is 0 Å². The van der Waals surface area contributed by atoms with Gasteiger partial charge in [-0.1, -0.05) is 30.3 Å². The second-order valence-corrected chi connectivity index (χ2v) is 12.1. The molecule has 0 unspecified atom stereocenters. The molecule has 0 saturated heterocycles. The maximum Gasteiger partial charge on any atom is 0.435 e. The molecule has 3 heterocycles. The standard InChI is InChI=1S/C30H32F3N5O3S/c1-6-38-17-24(27(35-38)30(31,32)33)21-11-8-7-10-20(21)23-16-37(18-25-22(23)14-19(15-34)42-25)26(39)12-9-13-36(5)28(40)41-29(2,3)4/h7-12,14,17,23H,6,13,16,18H2,1-5H3/b12-9+/t23-/m0/s1. The predicted molar refractivity (Wildman–Crippen MR) is 153 cm³/mol. The lowest BCUT2D eigenvalue weighted by Crippen LogP contribution is -2.37. The fraction of sp³-hybridized carbons (Fsp3) is 0.400. The van der Waals surface area contributed by atoms with Crippen LogP contribution < -0.4 is 0 Å². The largest absolute Gasteiger partial charge is 0.444 e. The third-order valence-corrected chi connectivity index (χ3v) is 7.74. The maximum atomic E-state index is 14.0. The van der Waals surface area contributed by atoms with Crippen molar-refractivity contribution in [2.45, 2.75) is 58.5 Å². The van der Waals surface area contributed by atoms with Gasteiger partial charge in [-0.15, -0.1) is 11.3 Å². The highest BCUT2D eigenvalue weighted by Crippen LogP contribution is 2.44. The van der Waals surface area contributed by atoms with Crippen molar-refractivity contribution >= 4 is 23.3 Å². The summed E-state index contributed by atoms with van der Waals surface area (Å²) in [6.45, 7) is 7.87. The first-order valence-electron chi connectivity index (χ1n) is 13.4. The van der Waals surface area contributed by atoms with E-state index in [1.54, 1.807) is 76.1 Å². The summed E-state index contributed by atoms with van der Waals surface area (Å²) in [6, 6.07) is 10.7. The van der Waals surface area contributed by atoms with Crippen LogP contribution in [0.2, 0.25) is 0 Å². The molecule has 2 amide bonds. The quantitative estimate of drug-likeness (QED) is 0.305. The lowest BCUT2D eigenvalue weighted by molar-refractivity contribution is -0.141. The second kappa shape index (κ2) is 12.0. The van der Waals surface area contributed by atoms with Crippen molar-refractivity contribution in [3.05, 3.63) is 75.3 Å². The summed E-state index contributed by atoms with van der Waals surface area (Å²) in [5.74, 6) is -0.793. The average molecular weight is 600 g/mol. The number of alkyl halides is 3. The van der Waals surface area contributed by atoms with E-state index in [1.165, 1.54) is 33.2 Å². The summed E-state index contributed by atoms with van der Waals surface area (Å²) in [5, 5.41) is 13.4. The van der Waals surface area contributed by atoms with Gasteiger partial charge in [0.2, 0.25) is 5.91 Å². The molecule has 8 nitrogen and oxygen atoms in total. The van der Waals surface area contributed by atoms with Crippen molar-refractivity contribution in [2.75, 3.05) is 20.1 Å². The van der Waals surface area contributed by atoms with Crippen molar-refractivity contribution in [1.29, 1.82) is 5.26 Å². The van der Waals surface area contributed by atoms with E-state index in [4.69, 9.17) is 4.74 Å². The van der Waals surface area contributed by atoms with Gasteiger partial charge >= 0.3 is 12.3 Å². The molecular weight excluding hydrogens is 567 g/mol. The highest BCUT2D eigenvalue weighted by Gasteiger charge is 2.39. The zero-order chi connectivity index (χ0) is 30.8. The molecule has 1 atom stereocenters. The Balaban J connectivity index is 1.67. The molecular formula is C30H32F3N5O3S. The molecule has 0 radical (unpaired) electrons. The third kappa shape index (κ3) is 6.85. The van der Waals surface area contributed by atoms with Crippen LogP contribution in [0.25, 0.3) is 11.1 Å². The van der Waals surface area contributed by atoms with E-state index in [-0.39, 0.29) is 37.6 Å². The molecule has 3 aromatic rings. The molecule has 0 N–H and O–H groups in total. The van der Waals surface area contributed by atoms with Gasteiger partial charge in [0.15, 0.2) is 5.69 Å². The van der Waals surface area contributed by atoms with Crippen LogP contribution in [0.5, 0.6) is 0 Å². The Kier molecular flexibility index (Phi) is 8.82. The number of fused-ring (bicyclic) bond motifs is 1. The van der Waals surface area contributed by atoms with Gasteiger partial charge in [0.05, 0.1) is 6.54 Å². The first kappa shape index (κ1) is 30.8. The van der Waals surface area contributed by atoms with Crippen LogP contribution in [0, 0.1) is 11.3 Å². The molecule has 0 aliphatic carbocycles. The van der Waals surface area contributed by atoms with Crippen molar-refractivity contribution in [3.8, 4) is 17.2 Å². The zero-order valence-corrected chi connectivity index (χ0v) is 24.8. The van der Waals surface area contributed by atoms with Gasteiger partial charge < -0.3 is 14.5 Å². The molecule has 2 aromatic heterocycles. The molecule has 0 spiro atoms. The van der Waals surface area contributed by atoms with E-state index >= 15 is 0 Å². The number of nitriles is 1. The van der Waals surface area contributed by atoms with Crippen molar-refractivity contribution in [2.24, 2.45) is 0 Å². The smallest absolute Gasteiger partial charge is 0.435 e. The molecule has 42 heavy (non-hydrogen) atoms. The van der Waals surface area contributed by atoms with Crippen LogP contribution in [0.15, 0.2) is 48.7 Å². The first-order valence-corrected chi connectivity index (χ1v) is 14.2. The Hall–Kier alpha value is -4.11. The lowest BCUT2D eigenvalue weighted by Gasteiger charge is -2.33. The molecule has 1 aliphatic rings. The van der Waals surface area contributed by atoms with Crippen LogP contribution in [0.4, 0.5) is 18.0 Å². The van der Waals surface area contributed by atoms with Crippen LogP contribution >= 0.6 is 11.3 Å². The fourth-order valence-corrected chi connectivity index (χ4v) is 5.81. The number of ether oxygens (including phenoxy) is 1. The number of benzene rings is 1. The van der Waals surface area contributed by atoms with Crippen molar-refractivity contribution in [1.82, 2.24) is 19.6 Å². The number of hydrogen-bond acceptors (Lipinski definition) is 6. The molecule has 1 aromatic carbocycles. The number of aromatic nitrogens is 2. The Morgan fingerprint density at radius 1 is 1.21 bits per heavy atom. The molecule has 4 rings (SSSR count). The summed E-state index contributed by atoms with van der Waals surface area (Å²) in [6.07, 6.45) is -0.844. The lowest BCUT2D eigenvalue weighted by atomic mass is 9.83. The number of nitrogens with zero attached hydrogens (tertiary/aromatic N) is 5. The number of likely N-dealkylation sites (N-methyl/N-ethyl adjacent to an activating group) is 1. The van der Waals surface area contributed by atoms with Crippen LogP contribution in [-0.4, -0.2) is 57.3 Å². The number of hydrogen-bond donors (Lipinski definition) is 0. The van der Waals surface area contributed by atoms with Crippen LogP contribution in [0.1, 0.15) is 60.2 Å². The third-order valence-electron chi connectivity index (χ3n) is 6.70. The molecule has 0 bridgehead atoms. The van der Waals surface area contributed by atoms with Crippen LogP contribution in [-0.2, 0) is 28.8 Å². The van der Waals surface area contributed by atoms with E-state index in [0.717, 1.165) is 10.4 Å². The van der Waals surface area contributed by atoms with E-state index in [0.29, 0.717) is 16.0 Å². The van der Waals surface area contributed by atoms with E-state index in [2.05, 4.69) is 11.2 Å². The van der Waals surface area contributed by atoms with Gasteiger partial charge in [0.1, 0.15) is 16.5 Å². The molecule has 1 aliphatic heterocycles. The van der Waals surface area contributed by atoms with E-state index in [9.17, 15) is 28.0 Å². The molecule has 12 heteroatoms. The van der Waals surface area contributed by atoms with Crippen molar-refractivity contribution < 1.29 is 27.5 Å². The zero-order valence-electron chi connectivity index (χ0n) is 24.0. The molecule has 222 valence electrons. The van der Waals surface area contributed by atoms with Gasteiger partial charge in [0, 0.05) is 55.3 Å². The Morgan fingerprint density at radius 2 is 1.93 bits per heavy atom. The summed E-state index contributed by atoms with van der Waals surface area (Å²) in [4.78, 5) is 29.7. The summed E-state index contributed by atoms with van der Waals surface area (Å²) < 4.78 is 48.6. The number of halogens is 3. The minimum Gasteiger partial charge on any atom is -0.444 e. The van der Waals surface area contributed by atoms with Gasteiger partial charge in [-0.3, -0.25) is 9.48 Å². The van der Waals surface area contributed by atoms with E-state index < -0.39 is 29.5 Å². The normalized spacial score (nSPS) is 15.4. The number of aryl methyl sites for hydroxylation is 1. The highest BCUT2D eigenvalue weighted by atomic mass is 32.1. The molecule has 0 fully saturated rings. The monoisotopic (exact) mass is 599 g/mol.